The van der Waals surface area contributed by atoms with Gasteiger partial charge in [0.15, 0.2) is 11.5 Å². The predicted octanol–water partition coefficient (Wildman–Crippen LogP) is 9.36. The summed E-state index contributed by atoms with van der Waals surface area (Å²) in [5.74, 6) is -0.239. The van der Waals surface area contributed by atoms with Crippen molar-refractivity contribution in [2.45, 2.75) is 0 Å². The number of benzene rings is 2. The van der Waals surface area contributed by atoms with Gasteiger partial charge in [0.05, 0.1) is 30.1 Å². The van der Waals surface area contributed by atoms with Gasteiger partial charge in [-0.25, -0.2) is 0 Å². The third kappa shape index (κ3) is 4.41. The van der Waals surface area contributed by atoms with Crippen molar-refractivity contribution in [1.29, 1.82) is 0 Å². The van der Waals surface area contributed by atoms with Crippen LogP contribution in [0.4, 0.5) is 0 Å². The Morgan fingerprint density at radius 3 is 0.708 bits per heavy atom. The van der Waals surface area contributed by atoms with Gasteiger partial charge < -0.3 is 4.74 Å². The molecule has 126 valence electrons. The zero-order chi connectivity index (χ0) is 17.6. The third-order valence-corrected chi connectivity index (χ3v) is 7.03. The van der Waals surface area contributed by atoms with Crippen LogP contribution in [0.5, 0.6) is 11.5 Å². The van der Waals surface area contributed by atoms with Gasteiger partial charge in [-0.15, -0.1) is 0 Å². The van der Waals surface area contributed by atoms with Crippen molar-refractivity contribution in [2.75, 3.05) is 0 Å². The molecule has 0 aromatic heterocycles. The Morgan fingerprint density at radius 2 is 0.500 bits per heavy atom. The van der Waals surface area contributed by atoms with Crippen LogP contribution in [0.25, 0.3) is 0 Å². The molecule has 0 heterocycles. The monoisotopic (exact) mass is 534 g/mol. The molecule has 0 radical (unpaired) electrons. The fourth-order valence-electron chi connectivity index (χ4n) is 1.45. The molecular weight excluding hydrogens is 538 g/mol. The molecule has 0 bridgehead atoms. The van der Waals surface area contributed by atoms with Crippen molar-refractivity contribution in [3.8, 4) is 11.5 Å². The maximum atomic E-state index is 6.08. The van der Waals surface area contributed by atoms with Crippen LogP contribution in [-0.2, 0) is 0 Å². The van der Waals surface area contributed by atoms with Crippen molar-refractivity contribution >= 4 is 146 Å². The SMILES string of the molecule is Clc1c(Cl)c(Cl)c(Oc2c(Cl)c(Cl)c(Cl)c(Cl)c2Cl)c(Cl)c1Cl.[NaH]. The standard InChI is InChI=1S/C12Cl10O.Na.H/c13-1-3(15)7(19)11(8(20)4(1)16)23-12-9(21)5(17)2(14)6(18)10(12)22;;. The molecule has 0 saturated carbocycles. The molecule has 0 fully saturated rings. The predicted molar refractivity (Wildman–Crippen MR) is 110 cm³/mol. The zero-order valence-electron chi connectivity index (χ0n) is 10.2. The molecular formula is C12HCl10NaO. The van der Waals surface area contributed by atoms with Gasteiger partial charge in [0.1, 0.15) is 20.1 Å². The van der Waals surface area contributed by atoms with E-state index in [1.165, 1.54) is 0 Å². The summed E-state index contributed by atoms with van der Waals surface area (Å²) >= 11 is 60.0. The van der Waals surface area contributed by atoms with E-state index in [0.29, 0.717) is 0 Å². The second kappa shape index (κ2) is 9.56. The van der Waals surface area contributed by atoms with Gasteiger partial charge >= 0.3 is 29.6 Å². The van der Waals surface area contributed by atoms with Crippen LogP contribution in [0.1, 0.15) is 0 Å². The Kier molecular flexibility index (Phi) is 9.63. The maximum absolute atomic E-state index is 6.08. The van der Waals surface area contributed by atoms with Crippen LogP contribution in [-0.4, -0.2) is 29.6 Å². The number of halogens is 10. The second-order valence-electron chi connectivity index (χ2n) is 3.90. The minimum absolute atomic E-state index is 0. The first kappa shape index (κ1) is 24.2. The summed E-state index contributed by atoms with van der Waals surface area (Å²) in [5.41, 5.74) is 0. The van der Waals surface area contributed by atoms with E-state index in [9.17, 15) is 0 Å². The molecule has 2 rings (SSSR count). The second-order valence-corrected chi connectivity index (χ2v) is 7.68. The molecule has 0 saturated heterocycles. The molecule has 2 aromatic carbocycles. The average molecular weight is 539 g/mol. The van der Waals surface area contributed by atoms with Crippen LogP contribution < -0.4 is 4.74 Å². The summed E-state index contributed by atoms with van der Waals surface area (Å²) in [4.78, 5) is 0. The first-order chi connectivity index (χ1) is 10.6. The molecule has 0 aliphatic heterocycles. The van der Waals surface area contributed by atoms with E-state index in [0.717, 1.165) is 0 Å². The summed E-state index contributed by atoms with van der Waals surface area (Å²) < 4.78 is 5.55. The number of hydrogen-bond acceptors (Lipinski definition) is 1. The van der Waals surface area contributed by atoms with Gasteiger partial charge in [-0.2, -0.15) is 0 Å². The summed E-state index contributed by atoms with van der Waals surface area (Å²) in [6.07, 6.45) is 0. The molecule has 0 spiro atoms. The molecule has 0 N–H and O–H groups in total. The number of hydrogen-bond donors (Lipinski definition) is 0. The molecule has 12 heteroatoms. The van der Waals surface area contributed by atoms with Crippen molar-refractivity contribution in [3.05, 3.63) is 50.2 Å². The summed E-state index contributed by atoms with van der Waals surface area (Å²) in [6, 6.07) is 0. The molecule has 0 aliphatic rings. The summed E-state index contributed by atoms with van der Waals surface area (Å²) in [5, 5.41) is -0.679. The minimum atomic E-state index is -0.119. The molecule has 0 atom stereocenters. The van der Waals surface area contributed by atoms with Gasteiger partial charge in [0.2, 0.25) is 0 Å². The first-order valence-electron chi connectivity index (χ1n) is 5.30. The van der Waals surface area contributed by atoms with Gasteiger partial charge in [-0.1, -0.05) is 116 Å². The first-order valence-corrected chi connectivity index (χ1v) is 9.08. The van der Waals surface area contributed by atoms with Gasteiger partial charge in [-0.05, 0) is 0 Å². The fourth-order valence-corrected chi connectivity index (χ4v) is 3.85. The summed E-state index contributed by atoms with van der Waals surface area (Å²) in [6.45, 7) is 0. The Morgan fingerprint density at radius 1 is 0.333 bits per heavy atom. The van der Waals surface area contributed by atoms with Crippen LogP contribution in [0.3, 0.4) is 0 Å². The van der Waals surface area contributed by atoms with Crippen molar-refractivity contribution < 1.29 is 4.74 Å². The van der Waals surface area contributed by atoms with E-state index in [1.807, 2.05) is 0 Å². The molecule has 2 aromatic rings. The average Bonchev–Trinajstić information content (AvgIpc) is 2.54. The Labute approximate surface area is 209 Å². The van der Waals surface area contributed by atoms with Crippen LogP contribution >= 0.6 is 116 Å². The molecule has 0 aliphatic carbocycles. The van der Waals surface area contributed by atoms with Crippen molar-refractivity contribution in [3.63, 3.8) is 0 Å². The summed E-state index contributed by atoms with van der Waals surface area (Å²) in [7, 11) is 0. The van der Waals surface area contributed by atoms with E-state index >= 15 is 0 Å². The Hall–Kier alpha value is 2.14. The number of rotatable bonds is 2. The Bertz CT molecular complexity index is 697. The third-order valence-electron chi connectivity index (χ3n) is 2.54. The van der Waals surface area contributed by atoms with Gasteiger partial charge in [0, 0.05) is 0 Å². The van der Waals surface area contributed by atoms with Gasteiger partial charge in [0.25, 0.3) is 0 Å². The fraction of sp³-hybridized carbons (Fsp3) is 0. The molecule has 1 nitrogen and oxygen atoms in total. The molecule has 0 unspecified atom stereocenters. The van der Waals surface area contributed by atoms with Crippen LogP contribution in [0.15, 0.2) is 0 Å². The molecule has 24 heavy (non-hydrogen) atoms. The normalized spacial score (nSPS) is 10.6. The topological polar surface area (TPSA) is 9.23 Å². The van der Waals surface area contributed by atoms with E-state index in [4.69, 9.17) is 121 Å². The van der Waals surface area contributed by atoms with Crippen LogP contribution in [0, 0.1) is 0 Å². The van der Waals surface area contributed by atoms with E-state index in [1.54, 1.807) is 0 Å². The van der Waals surface area contributed by atoms with Crippen molar-refractivity contribution in [1.82, 2.24) is 0 Å². The van der Waals surface area contributed by atoms with E-state index in [2.05, 4.69) is 0 Å². The molecule has 0 amide bonds. The van der Waals surface area contributed by atoms with Gasteiger partial charge in [-0.3, -0.25) is 0 Å². The van der Waals surface area contributed by atoms with Crippen molar-refractivity contribution in [2.24, 2.45) is 0 Å². The Balaban J connectivity index is 0.00000288. The van der Waals surface area contributed by atoms with Crippen LogP contribution in [0.2, 0.25) is 50.2 Å². The quantitative estimate of drug-likeness (QED) is 0.210. The number of ether oxygens (including phenoxy) is 1. The van der Waals surface area contributed by atoms with E-state index < -0.39 is 0 Å². The zero-order valence-corrected chi connectivity index (χ0v) is 17.7. The van der Waals surface area contributed by atoms with E-state index in [-0.39, 0.29) is 91.3 Å².